The van der Waals surface area contributed by atoms with Crippen LogP contribution < -0.4 is 0 Å². The first-order chi connectivity index (χ1) is 19.4. The number of unbranched alkanes of at least 4 members (excludes halogenated alkanes) is 15. The highest BCUT2D eigenvalue weighted by atomic mass is 31.2. The Morgan fingerprint density at radius 3 is 1.73 bits per heavy atom. The van der Waals surface area contributed by atoms with E-state index in [4.69, 9.17) is 18.5 Å². The van der Waals surface area contributed by atoms with Gasteiger partial charge in [0.2, 0.25) is 0 Å². The van der Waals surface area contributed by atoms with Crippen LogP contribution in [0.25, 0.3) is 0 Å². The van der Waals surface area contributed by atoms with E-state index in [-0.39, 0.29) is 12.7 Å². The zero-order chi connectivity index (χ0) is 29.2. The summed E-state index contributed by atoms with van der Waals surface area (Å²) in [6.45, 7) is 5.47. The van der Waals surface area contributed by atoms with E-state index in [0.29, 0.717) is 19.8 Å². The number of rotatable bonds is 29. The highest BCUT2D eigenvalue weighted by Crippen LogP contribution is 2.33. The van der Waals surface area contributed by atoms with Gasteiger partial charge >= 0.3 is 8.60 Å². The third kappa shape index (κ3) is 25.1. The van der Waals surface area contributed by atoms with Gasteiger partial charge in [0.25, 0.3) is 0 Å². The van der Waals surface area contributed by atoms with E-state index in [9.17, 15) is 4.89 Å². The molecule has 7 heteroatoms. The predicted molar refractivity (Wildman–Crippen MR) is 169 cm³/mol. The Labute approximate surface area is 248 Å². The number of quaternary nitrogens is 1. The van der Waals surface area contributed by atoms with Crippen LogP contribution >= 0.6 is 8.60 Å². The molecule has 0 saturated carbocycles. The molecule has 0 aromatic heterocycles. The van der Waals surface area contributed by atoms with E-state index >= 15 is 0 Å². The summed E-state index contributed by atoms with van der Waals surface area (Å²) >= 11 is 0. The molecule has 1 aromatic carbocycles. The van der Waals surface area contributed by atoms with E-state index in [1.807, 2.05) is 30.3 Å². The van der Waals surface area contributed by atoms with Crippen LogP contribution in [0.4, 0.5) is 0 Å². The second kappa shape index (κ2) is 26.1. The molecule has 2 unspecified atom stereocenters. The average molecular weight is 585 g/mol. The van der Waals surface area contributed by atoms with Crippen molar-refractivity contribution in [1.29, 1.82) is 0 Å². The van der Waals surface area contributed by atoms with E-state index in [1.165, 1.54) is 96.3 Å². The van der Waals surface area contributed by atoms with E-state index < -0.39 is 8.60 Å². The fraction of sp³-hybridized carbons (Fsp3) is 0.818. The van der Waals surface area contributed by atoms with Gasteiger partial charge in [0, 0.05) is 6.61 Å². The van der Waals surface area contributed by atoms with Gasteiger partial charge in [-0.2, -0.15) is 0 Å². The van der Waals surface area contributed by atoms with Crippen molar-refractivity contribution in [2.24, 2.45) is 0 Å². The van der Waals surface area contributed by atoms with Crippen molar-refractivity contribution in [3.8, 4) is 0 Å². The lowest BCUT2D eigenvalue weighted by atomic mass is 10.0. The Kier molecular flexibility index (Phi) is 24.4. The number of ether oxygens (including phenoxy) is 2. The van der Waals surface area contributed by atoms with Gasteiger partial charge in [-0.25, -0.2) is 0 Å². The van der Waals surface area contributed by atoms with Crippen molar-refractivity contribution in [1.82, 2.24) is 0 Å². The van der Waals surface area contributed by atoms with Crippen molar-refractivity contribution < 1.29 is 27.9 Å². The fourth-order valence-corrected chi connectivity index (χ4v) is 5.08. The van der Waals surface area contributed by atoms with Gasteiger partial charge < -0.3 is 27.9 Å². The summed E-state index contributed by atoms with van der Waals surface area (Å²) in [5, 5.41) is 0. The lowest BCUT2D eigenvalue weighted by Gasteiger charge is -2.24. The lowest BCUT2D eigenvalue weighted by molar-refractivity contribution is -0.870. The van der Waals surface area contributed by atoms with Crippen molar-refractivity contribution in [2.45, 2.75) is 122 Å². The Balaban J connectivity index is 2.07. The monoisotopic (exact) mass is 584 g/mol. The first kappa shape index (κ1) is 37.4. The van der Waals surface area contributed by atoms with Gasteiger partial charge in [0.05, 0.1) is 41.0 Å². The SMILES string of the molecule is CCCCCCCCCCCCCCCCCCOCC(COP(O)OCC[N+](C)(C)C)OCc1ccccc1. The van der Waals surface area contributed by atoms with Crippen molar-refractivity contribution in [3.05, 3.63) is 35.9 Å². The lowest BCUT2D eigenvalue weighted by Crippen LogP contribution is -2.37. The van der Waals surface area contributed by atoms with Crippen LogP contribution in [0.2, 0.25) is 0 Å². The summed E-state index contributed by atoms with van der Waals surface area (Å²) in [6, 6.07) is 10.1. The van der Waals surface area contributed by atoms with Gasteiger partial charge in [-0.05, 0) is 12.0 Å². The summed E-state index contributed by atoms with van der Waals surface area (Å²) in [6.07, 6.45) is 21.6. The second-order valence-electron chi connectivity index (χ2n) is 12.2. The van der Waals surface area contributed by atoms with Crippen LogP contribution in [0.3, 0.4) is 0 Å². The van der Waals surface area contributed by atoms with Crippen LogP contribution in [0.15, 0.2) is 30.3 Å². The normalized spacial score (nSPS) is 13.5. The highest BCUT2D eigenvalue weighted by Gasteiger charge is 2.16. The topological polar surface area (TPSA) is 57.2 Å². The molecule has 0 saturated heterocycles. The maximum Gasteiger partial charge on any atom is 0.330 e. The molecule has 0 heterocycles. The van der Waals surface area contributed by atoms with Crippen LogP contribution in [-0.4, -0.2) is 69.6 Å². The second-order valence-corrected chi connectivity index (χ2v) is 13.2. The van der Waals surface area contributed by atoms with E-state index in [0.717, 1.165) is 29.6 Å². The number of likely N-dealkylation sites (N-methyl/N-ethyl adjacent to an activating group) is 1. The third-order valence-corrected chi connectivity index (χ3v) is 7.88. The fourth-order valence-electron chi connectivity index (χ4n) is 4.48. The molecule has 0 bridgehead atoms. The zero-order valence-electron chi connectivity index (χ0n) is 26.5. The summed E-state index contributed by atoms with van der Waals surface area (Å²) in [4.78, 5) is 10.1. The minimum absolute atomic E-state index is 0.248. The molecule has 0 spiro atoms. The van der Waals surface area contributed by atoms with Gasteiger partial charge in [-0.1, -0.05) is 134 Å². The molecule has 0 aliphatic rings. The Hall–Kier alpha value is -0.590. The van der Waals surface area contributed by atoms with Crippen LogP contribution in [0.5, 0.6) is 0 Å². The van der Waals surface area contributed by atoms with Crippen LogP contribution in [0.1, 0.15) is 115 Å². The first-order valence-corrected chi connectivity index (χ1v) is 17.3. The molecule has 0 aliphatic heterocycles. The molecule has 2 atom stereocenters. The smallest absolute Gasteiger partial charge is 0.330 e. The molecule has 40 heavy (non-hydrogen) atoms. The molecule has 6 nitrogen and oxygen atoms in total. The predicted octanol–water partition coefficient (Wildman–Crippen LogP) is 8.81. The largest absolute Gasteiger partial charge is 0.379 e. The molecule has 0 radical (unpaired) electrons. The maximum absolute atomic E-state index is 10.1. The molecule has 234 valence electrons. The summed E-state index contributed by atoms with van der Waals surface area (Å²) in [7, 11) is 4.36. The van der Waals surface area contributed by atoms with Crippen molar-refractivity contribution >= 4 is 8.60 Å². The number of hydrogen-bond acceptors (Lipinski definition) is 5. The quantitative estimate of drug-likeness (QED) is 0.0579. The Bertz CT molecular complexity index is 658. The average Bonchev–Trinajstić information content (AvgIpc) is 2.93. The van der Waals surface area contributed by atoms with Gasteiger partial charge in [-0.3, -0.25) is 0 Å². The molecule has 0 fully saturated rings. The molecule has 1 N–H and O–H groups in total. The van der Waals surface area contributed by atoms with Crippen LogP contribution in [0, 0.1) is 0 Å². The summed E-state index contributed by atoms with van der Waals surface area (Å²) < 4.78 is 23.8. The van der Waals surface area contributed by atoms with Gasteiger partial charge in [0.15, 0.2) is 0 Å². The Morgan fingerprint density at radius 2 is 1.20 bits per heavy atom. The minimum atomic E-state index is -1.92. The van der Waals surface area contributed by atoms with Crippen LogP contribution in [-0.2, 0) is 25.1 Å². The summed E-state index contributed by atoms with van der Waals surface area (Å²) in [5.74, 6) is 0. The van der Waals surface area contributed by atoms with E-state index in [2.05, 4.69) is 28.1 Å². The molecular weight excluding hydrogens is 521 g/mol. The summed E-state index contributed by atoms with van der Waals surface area (Å²) in [5.41, 5.74) is 1.11. The standard InChI is InChI=1S/C33H63NO5P/c1-5-6-7-8-9-10-11-12-13-14-15-16-17-18-19-23-27-36-30-33(37-29-32-24-21-20-22-25-32)31-39-40(35)38-28-26-34(2,3)4/h20-22,24-25,33,35H,5-19,23,26-31H2,1-4H3/q+1. The molecule has 1 rings (SSSR count). The minimum Gasteiger partial charge on any atom is -0.379 e. The highest BCUT2D eigenvalue weighted by molar-refractivity contribution is 7.40. The number of hydrogen-bond donors (Lipinski definition) is 1. The zero-order valence-corrected chi connectivity index (χ0v) is 27.4. The molecule has 1 aromatic rings. The number of nitrogens with zero attached hydrogens (tertiary/aromatic N) is 1. The van der Waals surface area contributed by atoms with E-state index in [1.54, 1.807) is 0 Å². The maximum atomic E-state index is 10.1. The van der Waals surface area contributed by atoms with Gasteiger partial charge in [0.1, 0.15) is 19.3 Å². The first-order valence-electron chi connectivity index (χ1n) is 16.2. The Morgan fingerprint density at radius 1 is 0.675 bits per heavy atom. The van der Waals surface area contributed by atoms with Crippen molar-refractivity contribution in [2.75, 3.05) is 54.1 Å². The van der Waals surface area contributed by atoms with Crippen molar-refractivity contribution in [3.63, 3.8) is 0 Å². The third-order valence-electron chi connectivity index (χ3n) is 7.11. The molecule has 0 amide bonds. The van der Waals surface area contributed by atoms with Gasteiger partial charge in [-0.15, -0.1) is 0 Å². The molecular formula is C33H63NO5P+. The molecule has 0 aliphatic carbocycles. The number of benzene rings is 1.